The van der Waals surface area contributed by atoms with E-state index in [4.69, 9.17) is 10.5 Å². The molecule has 0 saturated carbocycles. The van der Waals surface area contributed by atoms with Crippen LogP contribution in [0.3, 0.4) is 0 Å². The Morgan fingerprint density at radius 2 is 1.95 bits per heavy atom. The third kappa shape index (κ3) is 3.10. The lowest BCUT2D eigenvalue weighted by atomic mass is 9.94. The molecule has 2 fully saturated rings. The van der Waals surface area contributed by atoms with E-state index in [1.165, 1.54) is 44.2 Å². The Morgan fingerprint density at radius 1 is 1.11 bits per heavy atom. The zero-order chi connectivity index (χ0) is 13.1. The lowest BCUT2D eigenvalue weighted by Crippen LogP contribution is -2.38. The fourth-order valence-corrected chi connectivity index (χ4v) is 3.36. The first-order valence-electron chi connectivity index (χ1n) is 7.54. The molecule has 2 saturated heterocycles. The highest BCUT2D eigenvalue weighted by molar-refractivity contribution is 5.40. The number of rotatable bonds is 3. The van der Waals surface area contributed by atoms with E-state index in [1.807, 2.05) is 12.1 Å². The van der Waals surface area contributed by atoms with Gasteiger partial charge in [0.2, 0.25) is 0 Å². The third-order valence-electron chi connectivity index (χ3n) is 4.40. The maximum atomic E-state index is 5.80. The molecule has 0 radical (unpaired) electrons. The average molecular weight is 260 g/mol. The molecule has 2 unspecified atom stereocenters. The van der Waals surface area contributed by atoms with E-state index in [0.717, 1.165) is 18.8 Å². The fraction of sp³-hybridized carbons (Fsp3) is 0.625. The monoisotopic (exact) mass is 260 g/mol. The molecule has 3 nitrogen and oxygen atoms in total. The highest BCUT2D eigenvalue weighted by Crippen LogP contribution is 2.32. The second-order valence-electron chi connectivity index (χ2n) is 5.81. The Balaban J connectivity index is 1.70. The van der Waals surface area contributed by atoms with Crippen LogP contribution in [0.15, 0.2) is 24.3 Å². The summed E-state index contributed by atoms with van der Waals surface area (Å²) < 4.78 is 5.80. The Labute approximate surface area is 115 Å². The molecular formula is C16H24N2O. The number of nitrogen functional groups attached to an aromatic ring is 1. The summed E-state index contributed by atoms with van der Waals surface area (Å²) in [5.74, 6) is 0. The van der Waals surface area contributed by atoms with Crippen LogP contribution in [0.1, 0.15) is 43.7 Å². The summed E-state index contributed by atoms with van der Waals surface area (Å²) in [5.41, 5.74) is 8.05. The van der Waals surface area contributed by atoms with E-state index in [9.17, 15) is 0 Å². The largest absolute Gasteiger partial charge is 0.399 e. The van der Waals surface area contributed by atoms with Crippen LogP contribution in [0.4, 0.5) is 5.69 Å². The van der Waals surface area contributed by atoms with Gasteiger partial charge in [0.05, 0.1) is 6.10 Å². The van der Waals surface area contributed by atoms with Crippen LogP contribution in [0.25, 0.3) is 0 Å². The van der Waals surface area contributed by atoms with Crippen LogP contribution >= 0.6 is 0 Å². The number of hydrogen-bond acceptors (Lipinski definition) is 3. The summed E-state index contributed by atoms with van der Waals surface area (Å²) in [4.78, 5) is 2.62. The van der Waals surface area contributed by atoms with Crippen molar-refractivity contribution in [3.05, 3.63) is 29.8 Å². The lowest BCUT2D eigenvalue weighted by molar-refractivity contribution is 0.0440. The van der Waals surface area contributed by atoms with Gasteiger partial charge in [-0.25, -0.2) is 0 Å². The van der Waals surface area contributed by atoms with E-state index in [2.05, 4.69) is 17.0 Å². The minimum atomic E-state index is 0.453. The Morgan fingerprint density at radius 3 is 2.68 bits per heavy atom. The van der Waals surface area contributed by atoms with Crippen LogP contribution < -0.4 is 5.73 Å². The molecule has 0 spiro atoms. The van der Waals surface area contributed by atoms with E-state index in [1.54, 1.807) is 0 Å². The summed E-state index contributed by atoms with van der Waals surface area (Å²) in [5, 5.41) is 0. The van der Waals surface area contributed by atoms with Crippen LogP contribution in [0.5, 0.6) is 0 Å². The molecular weight excluding hydrogens is 236 g/mol. The first-order valence-corrected chi connectivity index (χ1v) is 7.54. The summed E-state index contributed by atoms with van der Waals surface area (Å²) in [7, 11) is 0. The molecule has 3 rings (SSSR count). The summed E-state index contributed by atoms with van der Waals surface area (Å²) >= 11 is 0. The maximum absolute atomic E-state index is 5.80. The molecule has 3 heteroatoms. The predicted octanol–water partition coefficient (Wildman–Crippen LogP) is 2.97. The highest BCUT2D eigenvalue weighted by atomic mass is 16.5. The first-order chi connectivity index (χ1) is 9.33. The molecule has 0 bridgehead atoms. The molecule has 1 aromatic carbocycles. The van der Waals surface area contributed by atoms with Gasteiger partial charge in [0, 0.05) is 24.9 Å². The van der Waals surface area contributed by atoms with Gasteiger partial charge in [-0.2, -0.15) is 0 Å². The average Bonchev–Trinajstić information content (AvgIpc) is 2.93. The molecule has 1 aromatic rings. The zero-order valence-electron chi connectivity index (χ0n) is 11.6. The van der Waals surface area contributed by atoms with Crippen LogP contribution in [0.2, 0.25) is 0 Å². The molecule has 104 valence electrons. The minimum Gasteiger partial charge on any atom is -0.399 e. The first kappa shape index (κ1) is 12.9. The van der Waals surface area contributed by atoms with Gasteiger partial charge in [-0.1, -0.05) is 18.6 Å². The quantitative estimate of drug-likeness (QED) is 0.849. The summed E-state index contributed by atoms with van der Waals surface area (Å²) in [6.07, 6.45) is 6.82. The fourth-order valence-electron chi connectivity index (χ4n) is 3.36. The number of hydrogen-bond donors (Lipinski definition) is 1. The van der Waals surface area contributed by atoms with Crippen molar-refractivity contribution in [2.24, 2.45) is 0 Å². The number of piperidine rings is 1. The molecule has 19 heavy (non-hydrogen) atoms. The predicted molar refractivity (Wildman–Crippen MR) is 78.0 cm³/mol. The van der Waals surface area contributed by atoms with Gasteiger partial charge < -0.3 is 10.5 Å². The van der Waals surface area contributed by atoms with Gasteiger partial charge in [0.25, 0.3) is 0 Å². The highest BCUT2D eigenvalue weighted by Gasteiger charge is 2.27. The molecule has 2 heterocycles. The molecule has 2 aliphatic heterocycles. The summed E-state index contributed by atoms with van der Waals surface area (Å²) in [6, 6.07) is 8.97. The second-order valence-corrected chi connectivity index (χ2v) is 5.81. The third-order valence-corrected chi connectivity index (χ3v) is 4.40. The van der Waals surface area contributed by atoms with Crippen molar-refractivity contribution in [1.29, 1.82) is 0 Å². The van der Waals surface area contributed by atoms with Gasteiger partial charge in [0.1, 0.15) is 0 Å². The molecule has 0 aromatic heterocycles. The van der Waals surface area contributed by atoms with Crippen LogP contribution in [-0.2, 0) is 4.74 Å². The number of likely N-dealkylation sites (tertiary alicyclic amines) is 1. The van der Waals surface area contributed by atoms with Gasteiger partial charge in [-0.15, -0.1) is 0 Å². The van der Waals surface area contributed by atoms with Gasteiger partial charge in [-0.3, -0.25) is 4.90 Å². The van der Waals surface area contributed by atoms with Crippen molar-refractivity contribution in [3.63, 3.8) is 0 Å². The number of benzene rings is 1. The van der Waals surface area contributed by atoms with E-state index in [-0.39, 0.29) is 0 Å². The molecule has 0 aliphatic carbocycles. The number of nitrogens with zero attached hydrogens (tertiary/aromatic N) is 1. The van der Waals surface area contributed by atoms with Gasteiger partial charge >= 0.3 is 0 Å². The minimum absolute atomic E-state index is 0.453. The molecule has 2 N–H and O–H groups in total. The molecule has 0 amide bonds. The maximum Gasteiger partial charge on any atom is 0.0703 e. The molecule has 2 atom stereocenters. The second kappa shape index (κ2) is 5.93. The van der Waals surface area contributed by atoms with E-state index < -0.39 is 0 Å². The standard InChI is InChI=1S/C16H24N2O/c17-14-8-6-13(7-9-14)16-5-1-2-10-18(16)12-15-4-3-11-19-15/h6-9,15-16H,1-5,10-12,17H2. The van der Waals surface area contributed by atoms with Crippen LogP contribution in [0, 0.1) is 0 Å². The normalized spacial score (nSPS) is 28.6. The lowest BCUT2D eigenvalue weighted by Gasteiger charge is -2.37. The van der Waals surface area contributed by atoms with Crippen molar-refractivity contribution in [3.8, 4) is 0 Å². The number of anilines is 1. The Kier molecular flexibility index (Phi) is 4.04. The van der Waals surface area contributed by atoms with Gasteiger partial charge in [0.15, 0.2) is 0 Å². The van der Waals surface area contributed by atoms with E-state index >= 15 is 0 Å². The zero-order valence-corrected chi connectivity index (χ0v) is 11.6. The topological polar surface area (TPSA) is 38.5 Å². The van der Waals surface area contributed by atoms with Crippen molar-refractivity contribution in [2.75, 3.05) is 25.4 Å². The number of nitrogens with two attached hydrogens (primary N) is 1. The van der Waals surface area contributed by atoms with Gasteiger partial charge in [-0.05, 0) is 49.9 Å². The summed E-state index contributed by atoms with van der Waals surface area (Å²) in [6.45, 7) is 3.25. The number of ether oxygens (including phenoxy) is 1. The smallest absolute Gasteiger partial charge is 0.0703 e. The Bertz CT molecular complexity index is 398. The van der Waals surface area contributed by atoms with Crippen molar-refractivity contribution in [2.45, 2.75) is 44.2 Å². The van der Waals surface area contributed by atoms with Crippen molar-refractivity contribution in [1.82, 2.24) is 4.90 Å². The Hall–Kier alpha value is -1.06. The SMILES string of the molecule is Nc1ccc(C2CCCCN2CC2CCCO2)cc1. The van der Waals surface area contributed by atoms with E-state index in [0.29, 0.717) is 12.1 Å². The van der Waals surface area contributed by atoms with Crippen molar-refractivity contribution >= 4 is 5.69 Å². The van der Waals surface area contributed by atoms with Crippen molar-refractivity contribution < 1.29 is 4.74 Å². The van der Waals surface area contributed by atoms with Crippen LogP contribution in [-0.4, -0.2) is 30.7 Å². The molecule has 2 aliphatic rings.